The van der Waals surface area contributed by atoms with Gasteiger partial charge in [-0.1, -0.05) is 13.0 Å². The Hall–Kier alpha value is -4.75. The molecule has 1 aliphatic heterocycles. The highest BCUT2D eigenvalue weighted by atomic mass is 19.4. The molecule has 1 N–H and O–H groups in total. The number of anilines is 1. The van der Waals surface area contributed by atoms with Gasteiger partial charge in [-0.05, 0) is 45.4 Å². The van der Waals surface area contributed by atoms with Crippen molar-refractivity contribution in [1.29, 1.82) is 0 Å². The van der Waals surface area contributed by atoms with E-state index in [-0.39, 0.29) is 53.2 Å². The highest BCUT2D eigenvalue weighted by Crippen LogP contribution is 2.33. The lowest BCUT2D eigenvalue weighted by atomic mass is 10.1. The molecule has 222 valence electrons. The molecule has 0 bridgehead atoms. The summed E-state index contributed by atoms with van der Waals surface area (Å²) in [5.74, 6) is -2.29. The summed E-state index contributed by atoms with van der Waals surface area (Å²) in [7, 11) is 1.60. The molecule has 0 fully saturated rings. The summed E-state index contributed by atoms with van der Waals surface area (Å²) < 4.78 is 39.9. The summed E-state index contributed by atoms with van der Waals surface area (Å²) in [5.41, 5.74) is -0.280. The number of allylic oxidation sites excluding steroid dienone is 1. The highest BCUT2D eigenvalue weighted by molar-refractivity contribution is 6.08. The number of alkyl halides is 3. The van der Waals surface area contributed by atoms with Crippen molar-refractivity contribution in [1.82, 2.24) is 24.8 Å². The minimum Gasteiger partial charge on any atom is -0.350 e. The molecule has 3 rings (SSSR count). The first-order valence-electron chi connectivity index (χ1n) is 12.7. The molecular formula is C28H30F3N7O4. The lowest BCUT2D eigenvalue weighted by Gasteiger charge is -2.18. The molecule has 1 atom stereocenters. The van der Waals surface area contributed by atoms with Gasteiger partial charge >= 0.3 is 6.18 Å². The third-order valence-corrected chi connectivity index (χ3v) is 6.19. The largest absolute Gasteiger partial charge is 0.418 e. The number of aromatic nitrogens is 3. The minimum absolute atomic E-state index is 0.0385. The van der Waals surface area contributed by atoms with Crippen molar-refractivity contribution in [2.45, 2.75) is 40.8 Å². The number of aryl methyl sites for hydroxylation is 1. The van der Waals surface area contributed by atoms with E-state index in [1.807, 2.05) is 0 Å². The number of carbonyl (C=O) groups excluding carboxylic acids is 4. The van der Waals surface area contributed by atoms with Crippen LogP contribution in [0.15, 0.2) is 52.6 Å². The average Bonchev–Trinajstić information content (AvgIpc) is 2.97. The SMILES string of the molecule is CC(=O)CN1C(=O)CN(C)C(N=C/C(C)=C\[C@@H](C)C(=O)Nc2ccnc(-c3cnc(C)c(C(F)(F)F)c3)n2)=C(C)C1=O. The van der Waals surface area contributed by atoms with Gasteiger partial charge in [0.25, 0.3) is 5.91 Å². The van der Waals surface area contributed by atoms with Crippen molar-refractivity contribution in [3.05, 3.63) is 58.8 Å². The van der Waals surface area contributed by atoms with Crippen LogP contribution in [0.2, 0.25) is 0 Å². The number of nitrogens with one attached hydrogen (secondary N) is 1. The summed E-state index contributed by atoms with van der Waals surface area (Å²) in [4.78, 5) is 68.3. The number of imide groups is 1. The summed E-state index contributed by atoms with van der Waals surface area (Å²) in [6.07, 6.45) is 1.01. The van der Waals surface area contributed by atoms with Crippen LogP contribution in [0.5, 0.6) is 0 Å². The van der Waals surface area contributed by atoms with Crippen molar-refractivity contribution in [2.24, 2.45) is 10.9 Å². The predicted molar refractivity (Wildman–Crippen MR) is 148 cm³/mol. The zero-order chi connectivity index (χ0) is 31.4. The van der Waals surface area contributed by atoms with Crippen molar-refractivity contribution in [2.75, 3.05) is 25.5 Å². The Morgan fingerprint density at radius 2 is 1.88 bits per heavy atom. The van der Waals surface area contributed by atoms with E-state index in [0.29, 0.717) is 5.57 Å². The molecule has 3 heterocycles. The Morgan fingerprint density at radius 1 is 1.19 bits per heavy atom. The third-order valence-electron chi connectivity index (χ3n) is 6.19. The quantitative estimate of drug-likeness (QED) is 0.367. The van der Waals surface area contributed by atoms with Gasteiger partial charge < -0.3 is 10.2 Å². The first-order valence-corrected chi connectivity index (χ1v) is 12.7. The lowest BCUT2D eigenvalue weighted by Crippen LogP contribution is -2.42. The molecule has 14 heteroatoms. The summed E-state index contributed by atoms with van der Waals surface area (Å²) in [5, 5.41) is 2.62. The highest BCUT2D eigenvalue weighted by Gasteiger charge is 2.34. The maximum absolute atomic E-state index is 13.3. The van der Waals surface area contributed by atoms with Gasteiger partial charge in [0.05, 0.1) is 30.1 Å². The Labute approximate surface area is 240 Å². The number of hydrogen-bond acceptors (Lipinski definition) is 9. The molecule has 0 aliphatic carbocycles. The second-order valence-electron chi connectivity index (χ2n) is 9.86. The van der Waals surface area contributed by atoms with Crippen LogP contribution in [0.4, 0.5) is 19.0 Å². The van der Waals surface area contributed by atoms with E-state index >= 15 is 0 Å². The number of amides is 3. The number of Topliss-reactive ketones (excluding diaryl/α,β-unsaturated/α-hetero) is 1. The second kappa shape index (κ2) is 12.8. The topological polar surface area (TPSA) is 138 Å². The molecule has 3 amide bonds. The normalized spacial score (nSPS) is 15.8. The van der Waals surface area contributed by atoms with Crippen molar-refractivity contribution >= 4 is 35.5 Å². The van der Waals surface area contributed by atoms with Crippen LogP contribution in [0.1, 0.15) is 39.0 Å². The fourth-order valence-corrected chi connectivity index (χ4v) is 4.06. The zero-order valence-corrected chi connectivity index (χ0v) is 23.9. The molecule has 0 aromatic carbocycles. The first kappa shape index (κ1) is 31.8. The molecular weight excluding hydrogens is 555 g/mol. The van der Waals surface area contributed by atoms with E-state index in [1.54, 1.807) is 27.0 Å². The minimum atomic E-state index is -4.59. The molecule has 2 aromatic rings. The number of likely N-dealkylation sites (N-methyl/N-ethyl adjacent to an activating group) is 1. The number of nitrogens with zero attached hydrogens (tertiary/aromatic N) is 6. The Balaban J connectivity index is 1.75. The van der Waals surface area contributed by atoms with Gasteiger partial charge in [-0.3, -0.25) is 29.1 Å². The summed E-state index contributed by atoms with van der Waals surface area (Å²) in [6, 6.07) is 2.31. The first-order chi connectivity index (χ1) is 19.6. The molecule has 42 heavy (non-hydrogen) atoms. The molecule has 0 unspecified atom stereocenters. The van der Waals surface area contributed by atoms with Crippen LogP contribution < -0.4 is 5.32 Å². The molecule has 1 aliphatic rings. The summed E-state index contributed by atoms with van der Waals surface area (Å²) >= 11 is 0. The van der Waals surface area contributed by atoms with E-state index in [4.69, 9.17) is 0 Å². The van der Waals surface area contributed by atoms with E-state index in [9.17, 15) is 32.3 Å². The van der Waals surface area contributed by atoms with E-state index in [1.165, 1.54) is 50.3 Å². The standard InChI is InChI=1S/C28H30F3N7O4/c1-15(11-34-25-18(4)27(42)38(13-17(3)39)23(40)14-37(25)6)9-16(2)26(41)36-22-7-8-32-24(35-22)20-10-21(28(29,30)31)19(5)33-12-20/h7-12,16H,13-14H2,1-6H3,(H,32,35,36,41)/b15-9-,34-11?/t16-/m1/s1. The smallest absolute Gasteiger partial charge is 0.350 e. The molecule has 0 saturated carbocycles. The maximum Gasteiger partial charge on any atom is 0.418 e. The van der Waals surface area contributed by atoms with Crippen molar-refractivity contribution < 1.29 is 32.3 Å². The van der Waals surface area contributed by atoms with E-state index < -0.39 is 35.4 Å². The van der Waals surface area contributed by atoms with Crippen LogP contribution in [0.25, 0.3) is 11.4 Å². The fourth-order valence-electron chi connectivity index (χ4n) is 4.06. The van der Waals surface area contributed by atoms with Gasteiger partial charge in [-0.2, -0.15) is 13.2 Å². The van der Waals surface area contributed by atoms with E-state index in [0.717, 1.165) is 11.0 Å². The third kappa shape index (κ3) is 7.71. The molecule has 0 saturated heterocycles. The number of hydrogen-bond donors (Lipinski definition) is 1. The molecule has 11 nitrogen and oxygen atoms in total. The van der Waals surface area contributed by atoms with Gasteiger partial charge in [0.1, 0.15) is 17.4 Å². The number of rotatable bonds is 8. The van der Waals surface area contributed by atoms with Gasteiger partial charge in [-0.15, -0.1) is 0 Å². The van der Waals surface area contributed by atoms with Crippen LogP contribution in [0, 0.1) is 12.8 Å². The second-order valence-corrected chi connectivity index (χ2v) is 9.86. The molecule has 2 aromatic heterocycles. The molecule has 0 radical (unpaired) electrons. The number of carbonyl (C=O) groups is 4. The maximum atomic E-state index is 13.3. The number of ketones is 1. The van der Waals surface area contributed by atoms with Crippen LogP contribution in [-0.2, 0) is 25.4 Å². The van der Waals surface area contributed by atoms with Crippen LogP contribution >= 0.6 is 0 Å². The number of aliphatic imine (C=N–C) groups is 1. The monoisotopic (exact) mass is 585 g/mol. The fraction of sp³-hybridized carbons (Fsp3) is 0.357. The number of pyridine rings is 1. The van der Waals surface area contributed by atoms with E-state index in [2.05, 4.69) is 25.3 Å². The average molecular weight is 586 g/mol. The lowest BCUT2D eigenvalue weighted by molar-refractivity contribution is -0.144. The van der Waals surface area contributed by atoms with Crippen LogP contribution in [0.3, 0.4) is 0 Å². The zero-order valence-electron chi connectivity index (χ0n) is 23.9. The Morgan fingerprint density at radius 3 is 2.52 bits per heavy atom. The van der Waals surface area contributed by atoms with Crippen LogP contribution in [-0.4, -0.2) is 74.6 Å². The summed E-state index contributed by atoms with van der Waals surface area (Å²) in [6.45, 7) is 6.90. The van der Waals surface area contributed by atoms with Gasteiger partial charge in [0, 0.05) is 36.9 Å². The van der Waals surface area contributed by atoms with Gasteiger partial charge in [-0.25, -0.2) is 15.0 Å². The number of halogens is 3. The van der Waals surface area contributed by atoms with Gasteiger partial charge in [0.15, 0.2) is 5.82 Å². The Bertz CT molecular complexity index is 1520. The van der Waals surface area contributed by atoms with Crippen molar-refractivity contribution in [3.8, 4) is 11.4 Å². The molecule has 0 spiro atoms. The Kier molecular flexibility index (Phi) is 9.71. The van der Waals surface area contributed by atoms with Crippen molar-refractivity contribution in [3.63, 3.8) is 0 Å². The van der Waals surface area contributed by atoms with Gasteiger partial charge in [0.2, 0.25) is 11.8 Å². The predicted octanol–water partition coefficient (Wildman–Crippen LogP) is 3.58.